The number of aliphatic hydroxyl groups excluding tert-OH is 1. The van der Waals surface area contributed by atoms with Crippen molar-refractivity contribution in [3.05, 3.63) is 64.7 Å². The average Bonchev–Trinajstić information content (AvgIpc) is 2.93. The topological polar surface area (TPSA) is 38.7 Å². The van der Waals surface area contributed by atoms with Gasteiger partial charge in [-0.05, 0) is 37.0 Å². The Bertz CT molecular complexity index is 797. The number of benzene rings is 2. The Morgan fingerprint density at radius 1 is 1.17 bits per heavy atom. The van der Waals surface area contributed by atoms with Gasteiger partial charge < -0.3 is 14.6 Å². The summed E-state index contributed by atoms with van der Waals surface area (Å²) in [5, 5.41) is 11.2. The number of fused-ring (bicyclic) bond motifs is 5. The second kappa shape index (κ2) is 5.08. The van der Waals surface area contributed by atoms with Crippen LogP contribution in [0.4, 0.5) is 0 Å². The highest BCUT2D eigenvalue weighted by atomic mass is 16.7. The van der Waals surface area contributed by atoms with E-state index in [4.69, 9.17) is 9.47 Å². The molecule has 0 spiro atoms. The van der Waals surface area contributed by atoms with Crippen molar-refractivity contribution >= 4 is 0 Å². The number of hydrogen-bond donors (Lipinski definition) is 1. The van der Waals surface area contributed by atoms with E-state index >= 15 is 0 Å². The normalized spacial score (nSPS) is 30.0. The monoisotopic (exact) mass is 324 g/mol. The maximum Gasteiger partial charge on any atom is 0.250 e. The molecule has 2 aromatic rings. The molecule has 0 fully saturated rings. The van der Waals surface area contributed by atoms with Crippen molar-refractivity contribution in [2.24, 2.45) is 0 Å². The molecule has 126 valence electrons. The molecular formula is C21H24O3. The van der Waals surface area contributed by atoms with Crippen LogP contribution in [0.3, 0.4) is 0 Å². The first kappa shape index (κ1) is 15.7. The van der Waals surface area contributed by atoms with Gasteiger partial charge in [-0.25, -0.2) is 0 Å². The highest BCUT2D eigenvalue weighted by Gasteiger charge is 2.68. The molecule has 0 radical (unpaired) electrons. The summed E-state index contributed by atoms with van der Waals surface area (Å²) in [4.78, 5) is 0. The SMILES string of the molecule is CCO[C@@]12Oc3cc(C(C)C)ccc3[C@]1(C)C(O)c1ccccc12. The van der Waals surface area contributed by atoms with E-state index in [-0.39, 0.29) is 0 Å². The average molecular weight is 324 g/mol. The van der Waals surface area contributed by atoms with Crippen molar-refractivity contribution in [3.8, 4) is 5.75 Å². The number of rotatable bonds is 3. The van der Waals surface area contributed by atoms with Gasteiger partial charge in [0.05, 0.1) is 11.5 Å². The van der Waals surface area contributed by atoms with Crippen molar-refractivity contribution in [1.29, 1.82) is 0 Å². The predicted molar refractivity (Wildman–Crippen MR) is 93.2 cm³/mol. The molecule has 24 heavy (non-hydrogen) atoms. The van der Waals surface area contributed by atoms with E-state index in [2.05, 4.69) is 32.0 Å². The first-order valence-corrected chi connectivity index (χ1v) is 8.70. The first-order chi connectivity index (χ1) is 11.5. The first-order valence-electron chi connectivity index (χ1n) is 8.70. The van der Waals surface area contributed by atoms with Crippen LogP contribution in [0, 0.1) is 0 Å². The molecule has 2 aromatic carbocycles. The van der Waals surface area contributed by atoms with Crippen LogP contribution in [0.5, 0.6) is 5.75 Å². The van der Waals surface area contributed by atoms with Crippen molar-refractivity contribution in [2.75, 3.05) is 6.61 Å². The van der Waals surface area contributed by atoms with Gasteiger partial charge >= 0.3 is 0 Å². The van der Waals surface area contributed by atoms with Crippen molar-refractivity contribution in [1.82, 2.24) is 0 Å². The third-order valence-corrected chi connectivity index (χ3v) is 5.67. The summed E-state index contributed by atoms with van der Waals surface area (Å²) in [5.41, 5.74) is 3.42. The summed E-state index contributed by atoms with van der Waals surface area (Å²) in [7, 11) is 0. The number of hydrogen-bond acceptors (Lipinski definition) is 3. The molecule has 0 bridgehead atoms. The lowest BCUT2D eigenvalue weighted by Gasteiger charge is -2.37. The molecule has 0 amide bonds. The van der Waals surface area contributed by atoms with Gasteiger partial charge in [-0.2, -0.15) is 0 Å². The molecular weight excluding hydrogens is 300 g/mol. The van der Waals surface area contributed by atoms with Crippen molar-refractivity contribution in [2.45, 2.75) is 50.9 Å². The molecule has 3 heteroatoms. The van der Waals surface area contributed by atoms with Crippen molar-refractivity contribution in [3.63, 3.8) is 0 Å². The zero-order valence-corrected chi connectivity index (χ0v) is 14.7. The molecule has 0 saturated carbocycles. The smallest absolute Gasteiger partial charge is 0.250 e. The molecule has 3 nitrogen and oxygen atoms in total. The lowest BCUT2D eigenvalue weighted by molar-refractivity contribution is -0.225. The van der Waals surface area contributed by atoms with Crippen LogP contribution in [-0.2, 0) is 15.9 Å². The van der Waals surface area contributed by atoms with Crippen LogP contribution in [0.15, 0.2) is 42.5 Å². The Hall–Kier alpha value is -1.84. The summed E-state index contributed by atoms with van der Waals surface area (Å²) < 4.78 is 12.7. The van der Waals surface area contributed by atoms with Gasteiger partial charge in [0.15, 0.2) is 0 Å². The van der Waals surface area contributed by atoms with Gasteiger partial charge in [-0.3, -0.25) is 0 Å². The van der Waals surface area contributed by atoms with Crippen LogP contribution in [-0.4, -0.2) is 11.7 Å². The number of ether oxygens (including phenoxy) is 2. The molecule has 1 unspecified atom stereocenters. The highest BCUT2D eigenvalue weighted by molar-refractivity contribution is 5.58. The Morgan fingerprint density at radius 3 is 2.62 bits per heavy atom. The van der Waals surface area contributed by atoms with Gasteiger partial charge in [-0.15, -0.1) is 0 Å². The molecule has 0 aromatic heterocycles. The van der Waals surface area contributed by atoms with Gasteiger partial charge in [0.1, 0.15) is 5.75 Å². The Kier molecular flexibility index (Phi) is 3.32. The minimum Gasteiger partial charge on any atom is -0.457 e. The maximum absolute atomic E-state index is 11.2. The zero-order valence-electron chi connectivity index (χ0n) is 14.7. The van der Waals surface area contributed by atoms with E-state index in [1.54, 1.807) is 0 Å². The van der Waals surface area contributed by atoms with Gasteiger partial charge in [0, 0.05) is 17.7 Å². The van der Waals surface area contributed by atoms with E-state index in [0.29, 0.717) is 12.5 Å². The third-order valence-electron chi connectivity index (χ3n) is 5.67. The van der Waals surface area contributed by atoms with Crippen LogP contribution in [0.25, 0.3) is 0 Å². The van der Waals surface area contributed by atoms with Gasteiger partial charge in [0.25, 0.3) is 0 Å². The van der Waals surface area contributed by atoms with Crippen molar-refractivity contribution < 1.29 is 14.6 Å². The van der Waals surface area contributed by atoms with Gasteiger partial charge in [0.2, 0.25) is 5.79 Å². The van der Waals surface area contributed by atoms with E-state index in [1.807, 2.05) is 38.1 Å². The Balaban J connectivity index is 1.96. The maximum atomic E-state index is 11.2. The Morgan fingerprint density at radius 2 is 1.92 bits per heavy atom. The second-order valence-electron chi connectivity index (χ2n) is 7.25. The molecule has 1 aliphatic heterocycles. The lowest BCUT2D eigenvalue weighted by atomic mass is 9.75. The van der Waals surface area contributed by atoms with Gasteiger partial charge in [-0.1, -0.05) is 50.2 Å². The van der Waals surface area contributed by atoms with E-state index in [0.717, 1.165) is 22.4 Å². The summed E-state index contributed by atoms with van der Waals surface area (Å²) >= 11 is 0. The molecule has 3 atom stereocenters. The summed E-state index contributed by atoms with van der Waals surface area (Å²) in [6, 6.07) is 14.2. The second-order valence-corrected chi connectivity index (χ2v) is 7.25. The fourth-order valence-corrected chi connectivity index (χ4v) is 4.32. The molecule has 1 aliphatic carbocycles. The van der Waals surface area contributed by atoms with Crippen LogP contribution in [0.1, 0.15) is 62.0 Å². The molecule has 4 rings (SSSR count). The molecule has 2 aliphatic rings. The fourth-order valence-electron chi connectivity index (χ4n) is 4.32. The van der Waals surface area contributed by atoms with E-state index in [9.17, 15) is 5.11 Å². The Labute approximate surface area is 143 Å². The standard InChI is InChI=1S/C21H24O3/c1-5-23-21-16-9-7-6-8-15(16)19(22)20(21,4)17-11-10-14(13(2)3)12-18(17)24-21/h6-13,19,22H,5H2,1-4H3/t19?,20-,21+/m1/s1. The fraction of sp³-hybridized carbons (Fsp3) is 0.429. The lowest BCUT2D eigenvalue weighted by Crippen LogP contribution is -2.47. The van der Waals surface area contributed by atoms with E-state index in [1.165, 1.54) is 5.56 Å². The number of aliphatic hydroxyl groups is 1. The predicted octanol–water partition coefficient (Wildman–Crippen LogP) is 4.40. The molecule has 0 saturated heterocycles. The quantitative estimate of drug-likeness (QED) is 0.909. The summed E-state index contributed by atoms with van der Waals surface area (Å²) in [5.74, 6) is 0.286. The summed E-state index contributed by atoms with van der Waals surface area (Å²) in [6.07, 6.45) is -0.661. The summed E-state index contributed by atoms with van der Waals surface area (Å²) in [6.45, 7) is 8.87. The minimum atomic E-state index is -0.963. The highest BCUT2D eigenvalue weighted by Crippen LogP contribution is 2.65. The minimum absolute atomic E-state index is 0.424. The van der Waals surface area contributed by atoms with Crippen LogP contribution < -0.4 is 4.74 Å². The molecule has 1 N–H and O–H groups in total. The zero-order chi connectivity index (χ0) is 17.1. The largest absolute Gasteiger partial charge is 0.457 e. The third kappa shape index (κ3) is 1.69. The van der Waals surface area contributed by atoms with Crippen LogP contribution >= 0.6 is 0 Å². The van der Waals surface area contributed by atoms with Crippen LogP contribution in [0.2, 0.25) is 0 Å². The van der Waals surface area contributed by atoms with E-state index < -0.39 is 17.3 Å². The molecule has 1 heterocycles.